The van der Waals surface area contributed by atoms with Crippen molar-refractivity contribution in [3.63, 3.8) is 0 Å². The second-order valence-corrected chi connectivity index (χ2v) is 7.85. The van der Waals surface area contributed by atoms with E-state index in [4.69, 9.17) is 0 Å². The second kappa shape index (κ2) is 7.67. The van der Waals surface area contributed by atoms with Gasteiger partial charge in [0.1, 0.15) is 12.4 Å². The van der Waals surface area contributed by atoms with E-state index in [1.165, 1.54) is 6.33 Å². The molecule has 0 fully saturated rings. The molecule has 0 saturated carbocycles. The van der Waals surface area contributed by atoms with E-state index in [1.54, 1.807) is 4.68 Å². The third-order valence-corrected chi connectivity index (χ3v) is 5.39. The van der Waals surface area contributed by atoms with Crippen molar-refractivity contribution in [3.8, 4) is 0 Å². The minimum absolute atomic E-state index is 0.158. The number of aromatic nitrogens is 3. The number of amides is 1. The maximum Gasteiger partial charge on any atom is 0.255 e. The van der Waals surface area contributed by atoms with Crippen LogP contribution < -0.4 is 15.5 Å². The number of fused-ring (bicyclic) bond motifs is 1. The van der Waals surface area contributed by atoms with E-state index >= 15 is 0 Å². The van der Waals surface area contributed by atoms with Crippen LogP contribution in [0.15, 0.2) is 60.1 Å². The predicted octanol–water partition coefficient (Wildman–Crippen LogP) is 3.89. The molecule has 0 aliphatic carbocycles. The molecule has 0 bridgehead atoms. The van der Waals surface area contributed by atoms with Gasteiger partial charge in [0.05, 0.1) is 5.57 Å². The smallest absolute Gasteiger partial charge is 0.255 e. The van der Waals surface area contributed by atoms with Gasteiger partial charge < -0.3 is 15.5 Å². The Labute approximate surface area is 176 Å². The highest BCUT2D eigenvalue weighted by atomic mass is 16.1. The zero-order valence-electron chi connectivity index (χ0n) is 17.9. The lowest BCUT2D eigenvalue weighted by Gasteiger charge is -2.29. The molecule has 1 aromatic heterocycles. The van der Waals surface area contributed by atoms with E-state index < -0.39 is 0 Å². The van der Waals surface area contributed by atoms with Gasteiger partial charge in [0, 0.05) is 31.2 Å². The van der Waals surface area contributed by atoms with Gasteiger partial charge in [-0.15, -0.1) is 0 Å². The Morgan fingerprint density at radius 1 is 1.10 bits per heavy atom. The average molecular weight is 403 g/mol. The van der Waals surface area contributed by atoms with E-state index in [0.29, 0.717) is 11.5 Å². The van der Waals surface area contributed by atoms with Crippen LogP contribution >= 0.6 is 0 Å². The first-order chi connectivity index (χ1) is 14.3. The van der Waals surface area contributed by atoms with Crippen LogP contribution in [0.4, 0.5) is 17.3 Å². The van der Waals surface area contributed by atoms with Crippen LogP contribution in [0.5, 0.6) is 0 Å². The molecule has 0 unspecified atom stereocenters. The maximum atomic E-state index is 13.4. The number of nitrogens with zero attached hydrogens (tertiary/aromatic N) is 4. The van der Waals surface area contributed by atoms with E-state index in [0.717, 1.165) is 33.8 Å². The Balaban J connectivity index is 1.74. The quantitative estimate of drug-likeness (QED) is 0.693. The van der Waals surface area contributed by atoms with Crippen molar-refractivity contribution in [2.24, 2.45) is 0 Å². The van der Waals surface area contributed by atoms with Crippen molar-refractivity contribution in [3.05, 3.63) is 76.8 Å². The van der Waals surface area contributed by atoms with Crippen LogP contribution in [0.2, 0.25) is 0 Å². The molecule has 1 aliphatic rings. The highest BCUT2D eigenvalue weighted by Gasteiger charge is 2.33. The molecule has 3 aromatic rings. The van der Waals surface area contributed by atoms with Crippen molar-refractivity contribution < 1.29 is 4.79 Å². The first-order valence-electron chi connectivity index (χ1n) is 9.88. The third-order valence-electron chi connectivity index (χ3n) is 5.39. The third kappa shape index (κ3) is 3.54. The standard InChI is InChI=1S/C23H26N6O/c1-14-6-11-19(15(2)12-14)27-22(30)20-16(3)26-23-24-13-25-29(23)21(20)17-7-9-18(10-8-17)28(4)5/h6-13,21H,1-5H3,(H,27,30)(H,24,25,26)/t21-/m1/s1. The summed E-state index contributed by atoms with van der Waals surface area (Å²) in [4.78, 5) is 19.8. The van der Waals surface area contributed by atoms with Gasteiger partial charge in [0.2, 0.25) is 5.95 Å². The zero-order chi connectivity index (χ0) is 21.4. The highest BCUT2D eigenvalue weighted by Crippen LogP contribution is 2.36. The molecule has 4 rings (SSSR count). The van der Waals surface area contributed by atoms with Crippen LogP contribution in [0, 0.1) is 13.8 Å². The number of allylic oxidation sites excluding steroid dienone is 1. The molecule has 2 heterocycles. The number of nitrogens with one attached hydrogen (secondary N) is 2. The van der Waals surface area contributed by atoms with Gasteiger partial charge >= 0.3 is 0 Å². The number of benzene rings is 2. The van der Waals surface area contributed by atoms with Gasteiger partial charge in [-0.1, -0.05) is 29.8 Å². The van der Waals surface area contributed by atoms with Crippen molar-refractivity contribution in [2.45, 2.75) is 26.8 Å². The topological polar surface area (TPSA) is 75.1 Å². The molecular formula is C23H26N6O. The molecule has 0 spiro atoms. The van der Waals surface area contributed by atoms with Gasteiger partial charge in [-0.2, -0.15) is 10.1 Å². The summed E-state index contributed by atoms with van der Waals surface area (Å²) in [5, 5.41) is 10.7. The van der Waals surface area contributed by atoms with Crippen molar-refractivity contribution in [1.29, 1.82) is 0 Å². The molecule has 0 saturated heterocycles. The summed E-state index contributed by atoms with van der Waals surface area (Å²) in [5.41, 5.74) is 6.43. The summed E-state index contributed by atoms with van der Waals surface area (Å²) in [7, 11) is 4.00. The summed E-state index contributed by atoms with van der Waals surface area (Å²) in [6, 6.07) is 13.8. The Kier molecular flexibility index (Phi) is 5.03. The van der Waals surface area contributed by atoms with Gasteiger partial charge in [-0.3, -0.25) is 4.79 Å². The van der Waals surface area contributed by atoms with E-state index in [9.17, 15) is 4.79 Å². The van der Waals surface area contributed by atoms with E-state index in [2.05, 4.69) is 26.8 Å². The molecule has 7 heteroatoms. The molecule has 30 heavy (non-hydrogen) atoms. The number of rotatable bonds is 4. The summed E-state index contributed by atoms with van der Waals surface area (Å²) >= 11 is 0. The lowest BCUT2D eigenvalue weighted by molar-refractivity contribution is -0.113. The lowest BCUT2D eigenvalue weighted by atomic mass is 9.94. The second-order valence-electron chi connectivity index (χ2n) is 7.85. The van der Waals surface area contributed by atoms with E-state index in [-0.39, 0.29) is 11.9 Å². The molecule has 154 valence electrons. The molecule has 0 radical (unpaired) electrons. The van der Waals surface area contributed by atoms with Gasteiger partial charge in [0.25, 0.3) is 5.91 Å². The minimum Gasteiger partial charge on any atom is -0.378 e. The normalized spacial score (nSPS) is 15.4. The fourth-order valence-corrected chi connectivity index (χ4v) is 3.79. The molecule has 1 atom stereocenters. The first kappa shape index (κ1) is 19.7. The van der Waals surface area contributed by atoms with Crippen LogP contribution in [-0.2, 0) is 4.79 Å². The molecule has 1 amide bonds. The molecular weight excluding hydrogens is 376 g/mol. The first-order valence-corrected chi connectivity index (χ1v) is 9.88. The Bertz CT molecular complexity index is 1130. The van der Waals surface area contributed by atoms with E-state index in [1.807, 2.05) is 76.2 Å². The van der Waals surface area contributed by atoms with Crippen LogP contribution in [0.25, 0.3) is 0 Å². The summed E-state index contributed by atoms with van der Waals surface area (Å²) in [5.74, 6) is 0.465. The zero-order valence-corrected chi connectivity index (χ0v) is 17.9. The average Bonchev–Trinajstić information content (AvgIpc) is 3.17. The SMILES string of the molecule is CC1=C(C(=O)Nc2ccc(C)cc2C)[C@@H](c2ccc(N(C)C)cc2)n2ncnc2N1. The molecule has 2 N–H and O–H groups in total. The molecule has 1 aliphatic heterocycles. The summed E-state index contributed by atoms with van der Waals surface area (Å²) in [6.45, 7) is 5.93. The monoisotopic (exact) mass is 402 g/mol. The molecule has 2 aromatic carbocycles. The number of hydrogen-bond donors (Lipinski definition) is 2. The number of anilines is 3. The summed E-state index contributed by atoms with van der Waals surface area (Å²) < 4.78 is 1.76. The van der Waals surface area contributed by atoms with Gasteiger partial charge in [-0.05, 0) is 50.1 Å². The van der Waals surface area contributed by atoms with Crippen molar-refractivity contribution in [1.82, 2.24) is 14.8 Å². The van der Waals surface area contributed by atoms with Crippen LogP contribution in [-0.4, -0.2) is 34.8 Å². The fourth-order valence-electron chi connectivity index (χ4n) is 3.79. The molecule has 7 nitrogen and oxygen atoms in total. The Morgan fingerprint density at radius 2 is 1.83 bits per heavy atom. The number of carbonyl (C=O) groups excluding carboxylic acids is 1. The maximum absolute atomic E-state index is 13.4. The van der Waals surface area contributed by atoms with Crippen LogP contribution in [0.1, 0.15) is 29.7 Å². The lowest BCUT2D eigenvalue weighted by Crippen LogP contribution is -2.31. The fraction of sp³-hybridized carbons (Fsp3) is 0.261. The number of carbonyl (C=O) groups is 1. The Hall–Kier alpha value is -3.61. The van der Waals surface area contributed by atoms with Crippen molar-refractivity contribution >= 4 is 23.2 Å². The number of aryl methyl sites for hydroxylation is 2. The minimum atomic E-state index is -0.370. The predicted molar refractivity (Wildman–Crippen MR) is 120 cm³/mol. The number of hydrogen-bond acceptors (Lipinski definition) is 5. The van der Waals surface area contributed by atoms with Gasteiger partial charge in [0.15, 0.2) is 0 Å². The largest absolute Gasteiger partial charge is 0.378 e. The van der Waals surface area contributed by atoms with Crippen molar-refractivity contribution in [2.75, 3.05) is 29.6 Å². The Morgan fingerprint density at radius 3 is 2.50 bits per heavy atom. The summed E-state index contributed by atoms with van der Waals surface area (Å²) in [6.07, 6.45) is 1.50. The van der Waals surface area contributed by atoms with Gasteiger partial charge in [-0.25, -0.2) is 4.68 Å². The highest BCUT2D eigenvalue weighted by molar-refractivity contribution is 6.06. The van der Waals surface area contributed by atoms with Crippen LogP contribution in [0.3, 0.4) is 0 Å².